The molecule has 58 valence electrons. The van der Waals surface area contributed by atoms with Gasteiger partial charge in [0.2, 0.25) is 0 Å². The van der Waals surface area contributed by atoms with Gasteiger partial charge in [-0.2, -0.15) is 0 Å². The van der Waals surface area contributed by atoms with Gasteiger partial charge >= 0.3 is 0 Å². The highest BCUT2D eigenvalue weighted by atomic mass is 32.2. The highest BCUT2D eigenvalue weighted by molar-refractivity contribution is 7.99. The molecule has 5 heteroatoms. The molecule has 0 amide bonds. The number of rotatable bonds is 3. The van der Waals surface area contributed by atoms with Crippen molar-refractivity contribution in [1.29, 1.82) is 0 Å². The van der Waals surface area contributed by atoms with Crippen molar-refractivity contribution in [1.82, 2.24) is 15.0 Å². The van der Waals surface area contributed by atoms with Crippen molar-refractivity contribution in [2.24, 2.45) is 5.14 Å². The fourth-order valence-corrected chi connectivity index (χ4v) is 0.785. The summed E-state index contributed by atoms with van der Waals surface area (Å²) in [5, 5.41) is 6.96. The van der Waals surface area contributed by atoms with Crippen molar-refractivity contribution in [2.45, 2.75) is 6.42 Å². The molecule has 0 aliphatic heterocycles. The molecule has 4 nitrogen and oxygen atoms in total. The maximum Gasteiger partial charge on any atom is 0.135 e. The maximum absolute atomic E-state index is 5.17. The van der Waals surface area contributed by atoms with Gasteiger partial charge in [0, 0.05) is 6.42 Å². The Labute approximate surface area is 69.1 Å². The third-order valence-electron chi connectivity index (χ3n) is 1.02. The standard InChI is InChI=1S/C6H8N4S/c7-11-3-1-2-6-9-4-8-5-10-6/h1,3-5H,2,7H2. The summed E-state index contributed by atoms with van der Waals surface area (Å²) in [7, 11) is 0. The predicted octanol–water partition coefficient (Wildman–Crippen LogP) is 0.535. The monoisotopic (exact) mass is 168 g/mol. The van der Waals surface area contributed by atoms with Crippen molar-refractivity contribution >= 4 is 11.9 Å². The van der Waals surface area contributed by atoms with Gasteiger partial charge in [0.25, 0.3) is 0 Å². The van der Waals surface area contributed by atoms with Crippen LogP contribution in [0.5, 0.6) is 0 Å². The topological polar surface area (TPSA) is 64.7 Å². The Hall–Kier alpha value is -0.940. The molecular formula is C6H8N4S. The lowest BCUT2D eigenvalue weighted by Gasteiger charge is -1.89. The molecule has 1 rings (SSSR count). The molecule has 1 aromatic rings. The molecule has 0 atom stereocenters. The normalized spacial score (nSPS) is 10.6. The van der Waals surface area contributed by atoms with Gasteiger partial charge in [-0.15, -0.1) is 0 Å². The predicted molar refractivity (Wildman–Crippen MR) is 44.4 cm³/mol. The quantitative estimate of drug-likeness (QED) is 0.667. The van der Waals surface area contributed by atoms with Gasteiger partial charge in [0.1, 0.15) is 18.5 Å². The summed E-state index contributed by atoms with van der Waals surface area (Å²) < 4.78 is 0. The second-order valence-electron chi connectivity index (χ2n) is 1.77. The average molecular weight is 168 g/mol. The number of nitrogens with zero attached hydrogens (tertiary/aromatic N) is 3. The average Bonchev–Trinajstić information content (AvgIpc) is 2.07. The van der Waals surface area contributed by atoms with E-state index in [1.807, 2.05) is 6.08 Å². The van der Waals surface area contributed by atoms with E-state index in [0.29, 0.717) is 6.42 Å². The number of hydrogen-bond donors (Lipinski definition) is 1. The molecule has 0 radical (unpaired) electrons. The van der Waals surface area contributed by atoms with Crippen molar-refractivity contribution < 1.29 is 0 Å². The third-order valence-corrected chi connectivity index (χ3v) is 1.37. The van der Waals surface area contributed by atoms with Gasteiger partial charge in [-0.3, -0.25) is 5.14 Å². The first-order valence-electron chi connectivity index (χ1n) is 3.05. The summed E-state index contributed by atoms with van der Waals surface area (Å²) in [4.78, 5) is 11.6. The zero-order valence-electron chi connectivity index (χ0n) is 5.84. The zero-order chi connectivity index (χ0) is 7.94. The van der Waals surface area contributed by atoms with Crippen LogP contribution in [0.3, 0.4) is 0 Å². The van der Waals surface area contributed by atoms with Gasteiger partial charge in [0.05, 0.1) is 0 Å². The van der Waals surface area contributed by atoms with Crippen LogP contribution in [0.25, 0.3) is 0 Å². The molecule has 0 bridgehead atoms. The lowest BCUT2D eigenvalue weighted by atomic mass is 10.4. The van der Waals surface area contributed by atoms with E-state index >= 15 is 0 Å². The summed E-state index contributed by atoms with van der Waals surface area (Å²) >= 11 is 1.17. The second kappa shape index (κ2) is 4.81. The van der Waals surface area contributed by atoms with Crippen LogP contribution < -0.4 is 5.14 Å². The molecule has 11 heavy (non-hydrogen) atoms. The molecule has 0 unspecified atom stereocenters. The van der Waals surface area contributed by atoms with Crippen LogP contribution in [0.1, 0.15) is 5.82 Å². The first kappa shape index (κ1) is 8.16. The Bertz CT molecular complexity index is 223. The molecule has 0 fully saturated rings. The van der Waals surface area contributed by atoms with Crippen LogP contribution in [0.4, 0.5) is 0 Å². The number of aromatic nitrogens is 3. The smallest absolute Gasteiger partial charge is 0.135 e. The molecule has 0 aromatic carbocycles. The summed E-state index contributed by atoms with van der Waals surface area (Å²) in [5.74, 6) is 0.755. The van der Waals surface area contributed by atoms with Crippen LogP contribution in [-0.2, 0) is 6.42 Å². The van der Waals surface area contributed by atoms with E-state index in [1.54, 1.807) is 5.41 Å². The number of allylic oxidation sites excluding steroid dienone is 1. The third kappa shape index (κ3) is 3.10. The Morgan fingerprint density at radius 3 is 2.82 bits per heavy atom. The first-order chi connectivity index (χ1) is 5.43. The molecule has 0 saturated carbocycles. The van der Waals surface area contributed by atoms with E-state index in [0.717, 1.165) is 5.82 Å². The molecular weight excluding hydrogens is 160 g/mol. The molecule has 1 aromatic heterocycles. The highest BCUT2D eigenvalue weighted by Crippen LogP contribution is 1.93. The molecule has 0 aliphatic rings. The summed E-state index contributed by atoms with van der Waals surface area (Å²) in [5.41, 5.74) is 0. The molecule has 0 saturated heterocycles. The minimum Gasteiger partial charge on any atom is -0.274 e. The summed E-state index contributed by atoms with van der Waals surface area (Å²) in [6.45, 7) is 0. The Kier molecular flexibility index (Phi) is 3.57. The molecule has 1 heterocycles. The molecule has 2 N–H and O–H groups in total. The molecule has 0 spiro atoms. The maximum atomic E-state index is 5.17. The fraction of sp³-hybridized carbons (Fsp3) is 0.167. The largest absolute Gasteiger partial charge is 0.274 e. The lowest BCUT2D eigenvalue weighted by Crippen LogP contribution is -1.91. The van der Waals surface area contributed by atoms with Crippen LogP contribution in [0.2, 0.25) is 0 Å². The zero-order valence-corrected chi connectivity index (χ0v) is 6.66. The van der Waals surface area contributed by atoms with Crippen molar-refractivity contribution in [3.63, 3.8) is 0 Å². The van der Waals surface area contributed by atoms with Gasteiger partial charge in [-0.1, -0.05) is 18.0 Å². The van der Waals surface area contributed by atoms with Crippen molar-refractivity contribution in [3.8, 4) is 0 Å². The van der Waals surface area contributed by atoms with E-state index in [4.69, 9.17) is 5.14 Å². The highest BCUT2D eigenvalue weighted by Gasteiger charge is 1.88. The minimum absolute atomic E-state index is 0.701. The van der Waals surface area contributed by atoms with Crippen LogP contribution in [0, 0.1) is 0 Å². The van der Waals surface area contributed by atoms with Crippen LogP contribution >= 0.6 is 11.9 Å². The Morgan fingerprint density at radius 2 is 2.18 bits per heavy atom. The second-order valence-corrected chi connectivity index (χ2v) is 2.31. The lowest BCUT2D eigenvalue weighted by molar-refractivity contribution is 0.932. The Balaban J connectivity index is 2.45. The van der Waals surface area contributed by atoms with Gasteiger partial charge < -0.3 is 0 Å². The van der Waals surface area contributed by atoms with E-state index in [1.165, 1.54) is 24.6 Å². The first-order valence-corrected chi connectivity index (χ1v) is 3.99. The summed E-state index contributed by atoms with van der Waals surface area (Å²) in [6.07, 6.45) is 5.56. The fourth-order valence-electron chi connectivity index (χ4n) is 0.578. The van der Waals surface area contributed by atoms with Gasteiger partial charge in [-0.05, 0) is 5.41 Å². The molecule has 0 aliphatic carbocycles. The van der Waals surface area contributed by atoms with Crippen LogP contribution in [-0.4, -0.2) is 15.0 Å². The van der Waals surface area contributed by atoms with Crippen LogP contribution in [0.15, 0.2) is 24.1 Å². The van der Waals surface area contributed by atoms with E-state index in [-0.39, 0.29) is 0 Å². The van der Waals surface area contributed by atoms with Crippen molar-refractivity contribution in [3.05, 3.63) is 30.0 Å². The SMILES string of the molecule is NSC=CCc1ncncn1. The van der Waals surface area contributed by atoms with E-state index in [2.05, 4.69) is 15.0 Å². The minimum atomic E-state index is 0.701. The number of nitrogens with two attached hydrogens (primary N) is 1. The van der Waals surface area contributed by atoms with Gasteiger partial charge in [-0.25, -0.2) is 15.0 Å². The van der Waals surface area contributed by atoms with Gasteiger partial charge in [0.15, 0.2) is 0 Å². The number of hydrogen-bond acceptors (Lipinski definition) is 5. The van der Waals surface area contributed by atoms with E-state index in [9.17, 15) is 0 Å². The van der Waals surface area contributed by atoms with E-state index < -0.39 is 0 Å². The summed E-state index contributed by atoms with van der Waals surface area (Å²) in [6, 6.07) is 0. The Morgan fingerprint density at radius 1 is 1.45 bits per heavy atom. The van der Waals surface area contributed by atoms with Crippen molar-refractivity contribution in [2.75, 3.05) is 0 Å².